The van der Waals surface area contributed by atoms with Gasteiger partial charge in [-0.3, -0.25) is 0 Å². The molecule has 5 aromatic carbocycles. The average Bonchev–Trinajstić information content (AvgIpc) is 2.54. The monoisotopic (exact) mass is 268 g/mol. The van der Waals surface area contributed by atoms with Gasteiger partial charge in [0.2, 0.25) is 0 Å². The second-order valence-corrected chi connectivity index (χ2v) is 5.57. The molecule has 0 spiro atoms. The highest BCUT2D eigenvalue weighted by Gasteiger charge is 2.14. The third-order valence-corrected chi connectivity index (χ3v) is 4.49. The van der Waals surface area contributed by atoms with Gasteiger partial charge in [0.1, 0.15) is 5.75 Å². The van der Waals surface area contributed by atoms with E-state index in [2.05, 4.69) is 48.5 Å². The number of phenolic OH excluding ortho intramolecular Hbond substituents is 1. The van der Waals surface area contributed by atoms with E-state index in [1.165, 1.54) is 32.3 Å². The molecule has 1 heteroatoms. The van der Waals surface area contributed by atoms with Crippen molar-refractivity contribution in [2.45, 2.75) is 0 Å². The molecule has 0 aromatic heterocycles. The van der Waals surface area contributed by atoms with Crippen LogP contribution in [-0.2, 0) is 0 Å². The van der Waals surface area contributed by atoms with Crippen molar-refractivity contribution in [1.29, 1.82) is 0 Å². The molecule has 0 bridgehead atoms. The lowest BCUT2D eigenvalue weighted by molar-refractivity contribution is 0.482. The highest BCUT2D eigenvalue weighted by atomic mass is 16.3. The van der Waals surface area contributed by atoms with E-state index < -0.39 is 0 Å². The molecule has 98 valence electrons. The number of hydrogen-bond donors (Lipinski definition) is 1. The van der Waals surface area contributed by atoms with E-state index in [-0.39, 0.29) is 0 Å². The topological polar surface area (TPSA) is 20.2 Å². The first kappa shape index (κ1) is 10.9. The summed E-state index contributed by atoms with van der Waals surface area (Å²) in [6.07, 6.45) is 0. The van der Waals surface area contributed by atoms with Crippen molar-refractivity contribution >= 4 is 43.1 Å². The molecule has 0 radical (unpaired) electrons. The second kappa shape index (κ2) is 3.64. The molecular weight excluding hydrogens is 256 g/mol. The quantitative estimate of drug-likeness (QED) is 0.293. The lowest BCUT2D eigenvalue weighted by atomic mass is 9.89. The predicted octanol–water partition coefficient (Wildman–Crippen LogP) is 5.44. The molecule has 0 saturated heterocycles. The minimum absolute atomic E-state index is 0.357. The Morgan fingerprint density at radius 3 is 1.86 bits per heavy atom. The van der Waals surface area contributed by atoms with Crippen molar-refractivity contribution in [3.05, 3.63) is 66.7 Å². The van der Waals surface area contributed by atoms with E-state index in [0.717, 1.165) is 10.8 Å². The van der Waals surface area contributed by atoms with Crippen LogP contribution in [0.1, 0.15) is 0 Å². The van der Waals surface area contributed by atoms with E-state index >= 15 is 0 Å². The highest BCUT2D eigenvalue weighted by molar-refractivity contribution is 6.34. The van der Waals surface area contributed by atoms with Crippen LogP contribution in [0.25, 0.3) is 43.1 Å². The summed E-state index contributed by atoms with van der Waals surface area (Å²) in [6, 6.07) is 22.9. The summed E-state index contributed by atoms with van der Waals surface area (Å²) in [5, 5.41) is 19.8. The van der Waals surface area contributed by atoms with Gasteiger partial charge in [-0.15, -0.1) is 0 Å². The van der Waals surface area contributed by atoms with Crippen molar-refractivity contribution < 1.29 is 5.11 Å². The van der Waals surface area contributed by atoms with E-state index in [1.807, 2.05) is 18.2 Å². The first-order chi connectivity index (χ1) is 10.3. The van der Waals surface area contributed by atoms with Gasteiger partial charge in [0.05, 0.1) is 0 Å². The fourth-order valence-electron chi connectivity index (χ4n) is 3.63. The Morgan fingerprint density at radius 2 is 1.10 bits per heavy atom. The van der Waals surface area contributed by atoms with Crippen LogP contribution in [0, 0.1) is 0 Å². The van der Waals surface area contributed by atoms with Gasteiger partial charge < -0.3 is 5.11 Å². The van der Waals surface area contributed by atoms with Crippen LogP contribution in [-0.4, -0.2) is 5.11 Å². The number of benzene rings is 5. The Morgan fingerprint density at radius 1 is 0.524 bits per heavy atom. The summed E-state index contributed by atoms with van der Waals surface area (Å²) in [5.74, 6) is 0.357. The van der Waals surface area contributed by atoms with Crippen LogP contribution in [0.2, 0.25) is 0 Å². The maximum absolute atomic E-state index is 10.4. The van der Waals surface area contributed by atoms with E-state index in [9.17, 15) is 5.11 Å². The molecule has 0 fully saturated rings. The zero-order chi connectivity index (χ0) is 14.0. The van der Waals surface area contributed by atoms with Crippen molar-refractivity contribution in [2.75, 3.05) is 0 Å². The first-order valence-corrected chi connectivity index (χ1v) is 7.12. The zero-order valence-corrected chi connectivity index (χ0v) is 11.3. The highest BCUT2D eigenvalue weighted by Crippen LogP contribution is 2.43. The van der Waals surface area contributed by atoms with Crippen molar-refractivity contribution in [1.82, 2.24) is 0 Å². The molecule has 5 aromatic rings. The van der Waals surface area contributed by atoms with Gasteiger partial charge in [-0.05, 0) is 38.4 Å². The molecule has 1 nitrogen and oxygen atoms in total. The Bertz CT molecular complexity index is 1140. The van der Waals surface area contributed by atoms with E-state index in [1.54, 1.807) is 0 Å². The fraction of sp³-hybridized carbons (Fsp3) is 0. The molecule has 21 heavy (non-hydrogen) atoms. The van der Waals surface area contributed by atoms with Gasteiger partial charge in [-0.2, -0.15) is 0 Å². The van der Waals surface area contributed by atoms with Crippen molar-refractivity contribution in [3.8, 4) is 5.75 Å². The molecule has 0 aliphatic heterocycles. The summed E-state index contributed by atoms with van der Waals surface area (Å²) < 4.78 is 0. The normalized spacial score (nSPS) is 12.0. The third kappa shape index (κ3) is 1.26. The van der Waals surface area contributed by atoms with Crippen LogP contribution in [0.5, 0.6) is 5.75 Å². The molecule has 0 unspecified atom stereocenters. The first-order valence-electron chi connectivity index (χ1n) is 7.12. The minimum Gasteiger partial charge on any atom is -0.507 e. The Labute approximate surface area is 121 Å². The lowest BCUT2D eigenvalue weighted by Crippen LogP contribution is -1.87. The fourth-order valence-corrected chi connectivity index (χ4v) is 3.63. The number of phenols is 1. The van der Waals surface area contributed by atoms with Crippen LogP contribution >= 0.6 is 0 Å². The molecule has 0 amide bonds. The molecule has 0 saturated carbocycles. The summed E-state index contributed by atoms with van der Waals surface area (Å²) in [7, 11) is 0. The number of rotatable bonds is 0. The maximum atomic E-state index is 10.4. The smallest absolute Gasteiger partial charge is 0.124 e. The third-order valence-electron chi connectivity index (χ3n) is 4.49. The Hall–Kier alpha value is -2.80. The van der Waals surface area contributed by atoms with Crippen LogP contribution in [0.4, 0.5) is 0 Å². The predicted molar refractivity (Wildman–Crippen MR) is 89.3 cm³/mol. The van der Waals surface area contributed by atoms with Gasteiger partial charge in [-0.25, -0.2) is 0 Å². The zero-order valence-electron chi connectivity index (χ0n) is 11.3. The van der Waals surface area contributed by atoms with Gasteiger partial charge in [-0.1, -0.05) is 60.7 Å². The molecule has 5 rings (SSSR count). The number of hydrogen-bond acceptors (Lipinski definition) is 1. The summed E-state index contributed by atoms with van der Waals surface area (Å²) in [4.78, 5) is 0. The maximum Gasteiger partial charge on any atom is 0.124 e. The Balaban J connectivity index is 2.32. The summed E-state index contributed by atoms with van der Waals surface area (Å²) in [6.45, 7) is 0. The van der Waals surface area contributed by atoms with E-state index in [4.69, 9.17) is 0 Å². The van der Waals surface area contributed by atoms with Crippen molar-refractivity contribution in [2.24, 2.45) is 0 Å². The van der Waals surface area contributed by atoms with Crippen LogP contribution in [0.3, 0.4) is 0 Å². The molecule has 0 aliphatic carbocycles. The van der Waals surface area contributed by atoms with Gasteiger partial charge in [0.15, 0.2) is 0 Å². The average molecular weight is 268 g/mol. The molecular formula is C20H12O. The largest absolute Gasteiger partial charge is 0.507 e. The Kier molecular flexibility index (Phi) is 1.90. The minimum atomic E-state index is 0.357. The molecule has 0 heterocycles. The number of fused-ring (bicyclic) bond motifs is 3. The SMILES string of the molecule is Oc1cc2cccc3c4ccccc4c4cccc1c4c23. The van der Waals surface area contributed by atoms with Crippen molar-refractivity contribution in [3.63, 3.8) is 0 Å². The van der Waals surface area contributed by atoms with Crippen LogP contribution in [0.15, 0.2) is 66.7 Å². The summed E-state index contributed by atoms with van der Waals surface area (Å²) in [5.41, 5.74) is 0. The molecule has 0 atom stereocenters. The lowest BCUT2D eigenvalue weighted by Gasteiger charge is -2.15. The molecule has 0 aliphatic rings. The van der Waals surface area contributed by atoms with Crippen LogP contribution < -0.4 is 0 Å². The number of aromatic hydroxyl groups is 1. The van der Waals surface area contributed by atoms with Gasteiger partial charge in [0.25, 0.3) is 0 Å². The second-order valence-electron chi connectivity index (χ2n) is 5.57. The van der Waals surface area contributed by atoms with Gasteiger partial charge >= 0.3 is 0 Å². The molecule has 1 N–H and O–H groups in total. The van der Waals surface area contributed by atoms with Gasteiger partial charge in [0, 0.05) is 10.8 Å². The summed E-state index contributed by atoms with van der Waals surface area (Å²) >= 11 is 0. The van der Waals surface area contributed by atoms with E-state index in [0.29, 0.717) is 5.75 Å². The standard InChI is InChI=1S/C20H12O/c21-18-11-12-5-3-8-15-13-6-1-2-7-14(13)16-9-4-10-17(18)20(16)19(12)15/h1-11,21H.